The summed E-state index contributed by atoms with van der Waals surface area (Å²) in [5.41, 5.74) is 3.73. The van der Waals surface area contributed by atoms with E-state index in [0.717, 1.165) is 16.7 Å². The molecule has 0 aliphatic heterocycles. The number of amides is 1. The molecule has 0 saturated carbocycles. The van der Waals surface area contributed by atoms with Gasteiger partial charge < -0.3 is 10.1 Å². The first-order valence-corrected chi connectivity index (χ1v) is 11.3. The second-order valence-electron chi connectivity index (χ2n) is 7.32. The number of nitrogens with zero attached hydrogens (tertiary/aromatic N) is 1. The Bertz CT molecular complexity index is 1170. The Hall–Kier alpha value is -3.32. The summed E-state index contributed by atoms with van der Waals surface area (Å²) in [7, 11) is -2.39. The van der Waals surface area contributed by atoms with E-state index in [1.165, 1.54) is 4.31 Å². The monoisotopic (exact) mass is 438 g/mol. The van der Waals surface area contributed by atoms with Crippen molar-refractivity contribution >= 4 is 27.3 Å². The molecular weight excluding hydrogens is 412 g/mol. The first-order valence-electron chi connectivity index (χ1n) is 9.82. The Labute approximate surface area is 183 Å². The van der Waals surface area contributed by atoms with Crippen molar-refractivity contribution in [1.82, 2.24) is 0 Å². The number of carbonyl (C=O) groups excluding carboxylic acids is 1. The van der Waals surface area contributed by atoms with Crippen LogP contribution in [0.3, 0.4) is 0 Å². The van der Waals surface area contributed by atoms with E-state index in [4.69, 9.17) is 4.74 Å². The van der Waals surface area contributed by atoms with Gasteiger partial charge >= 0.3 is 0 Å². The topological polar surface area (TPSA) is 75.7 Å². The SMILES string of the molecule is COc1ccc(NC(=O)CN(c2cccc(C)c2C)S(=O)(=O)c2ccc(C)cc2)cc1. The number of hydrogen-bond acceptors (Lipinski definition) is 4. The molecular formula is C24H26N2O4S. The summed E-state index contributed by atoms with van der Waals surface area (Å²) in [6.07, 6.45) is 0. The average Bonchev–Trinajstić information content (AvgIpc) is 2.75. The van der Waals surface area contributed by atoms with Crippen LogP contribution in [0.25, 0.3) is 0 Å². The van der Waals surface area contributed by atoms with Crippen LogP contribution in [0, 0.1) is 20.8 Å². The van der Waals surface area contributed by atoms with Crippen LogP contribution in [0.5, 0.6) is 5.75 Å². The molecule has 0 spiro atoms. The molecule has 0 atom stereocenters. The van der Waals surface area contributed by atoms with E-state index < -0.39 is 15.9 Å². The fourth-order valence-corrected chi connectivity index (χ4v) is 4.63. The van der Waals surface area contributed by atoms with Crippen molar-refractivity contribution < 1.29 is 17.9 Å². The maximum atomic E-state index is 13.5. The summed E-state index contributed by atoms with van der Waals surface area (Å²) >= 11 is 0. The molecule has 1 N–H and O–H groups in total. The fraction of sp³-hybridized carbons (Fsp3) is 0.208. The van der Waals surface area contributed by atoms with Gasteiger partial charge in [-0.3, -0.25) is 9.10 Å². The first kappa shape index (κ1) is 22.4. The lowest BCUT2D eigenvalue weighted by Gasteiger charge is -2.26. The predicted molar refractivity (Wildman–Crippen MR) is 123 cm³/mol. The van der Waals surface area contributed by atoms with Crippen molar-refractivity contribution in [2.45, 2.75) is 25.7 Å². The van der Waals surface area contributed by atoms with Crippen molar-refractivity contribution in [3.8, 4) is 5.75 Å². The van der Waals surface area contributed by atoms with Gasteiger partial charge in [0.15, 0.2) is 0 Å². The molecule has 0 radical (unpaired) electrons. The van der Waals surface area contributed by atoms with E-state index in [1.807, 2.05) is 26.8 Å². The highest BCUT2D eigenvalue weighted by molar-refractivity contribution is 7.92. The van der Waals surface area contributed by atoms with Crippen molar-refractivity contribution in [3.63, 3.8) is 0 Å². The molecule has 0 aromatic heterocycles. The first-order chi connectivity index (χ1) is 14.7. The number of methoxy groups -OCH3 is 1. The number of sulfonamides is 1. The number of rotatable bonds is 7. The Morgan fingerprint density at radius 2 is 1.58 bits per heavy atom. The summed E-state index contributed by atoms with van der Waals surface area (Å²) in [5, 5.41) is 2.76. The third-order valence-electron chi connectivity index (χ3n) is 5.11. The standard InChI is InChI=1S/C24H26N2O4S/c1-17-8-14-22(15-9-17)31(28,29)26(23-7-5-6-18(2)19(23)3)16-24(27)25-20-10-12-21(30-4)13-11-20/h5-15H,16H2,1-4H3,(H,25,27). The third-order valence-corrected chi connectivity index (χ3v) is 6.89. The van der Waals surface area contributed by atoms with E-state index in [2.05, 4.69) is 5.32 Å². The molecule has 3 rings (SSSR count). The zero-order valence-electron chi connectivity index (χ0n) is 18.0. The minimum atomic E-state index is -3.96. The Balaban J connectivity index is 1.96. The molecule has 0 fully saturated rings. The van der Waals surface area contributed by atoms with Crippen molar-refractivity contribution in [2.24, 2.45) is 0 Å². The number of anilines is 2. The maximum Gasteiger partial charge on any atom is 0.264 e. The molecule has 1 amide bonds. The van der Waals surface area contributed by atoms with Gasteiger partial charge in [-0.15, -0.1) is 0 Å². The molecule has 0 heterocycles. The fourth-order valence-electron chi connectivity index (χ4n) is 3.15. The Morgan fingerprint density at radius 1 is 0.935 bits per heavy atom. The number of nitrogens with one attached hydrogen (secondary N) is 1. The van der Waals surface area contributed by atoms with Crippen LogP contribution in [0.1, 0.15) is 16.7 Å². The maximum absolute atomic E-state index is 13.5. The summed E-state index contributed by atoms with van der Waals surface area (Å²) in [6, 6.07) is 18.9. The molecule has 0 bridgehead atoms. The lowest BCUT2D eigenvalue weighted by atomic mass is 10.1. The third kappa shape index (κ3) is 5.06. The van der Waals surface area contributed by atoms with Gasteiger partial charge in [0, 0.05) is 5.69 Å². The number of aryl methyl sites for hydroxylation is 2. The lowest BCUT2D eigenvalue weighted by molar-refractivity contribution is -0.114. The predicted octanol–water partition coefficient (Wildman–Crippen LogP) is 4.45. The second-order valence-corrected chi connectivity index (χ2v) is 9.18. The molecule has 3 aromatic carbocycles. The summed E-state index contributed by atoms with van der Waals surface area (Å²) < 4.78 is 33.3. The van der Waals surface area contributed by atoms with Crippen molar-refractivity contribution in [3.05, 3.63) is 83.4 Å². The lowest BCUT2D eigenvalue weighted by Crippen LogP contribution is -2.38. The van der Waals surface area contributed by atoms with Gasteiger partial charge in [0.1, 0.15) is 12.3 Å². The van der Waals surface area contributed by atoms with E-state index in [0.29, 0.717) is 17.1 Å². The van der Waals surface area contributed by atoms with Gasteiger partial charge in [-0.05, 0) is 74.4 Å². The molecule has 7 heteroatoms. The quantitative estimate of drug-likeness (QED) is 0.591. The number of carbonyl (C=O) groups is 1. The highest BCUT2D eigenvalue weighted by atomic mass is 32.2. The van der Waals surface area contributed by atoms with Crippen LogP contribution < -0.4 is 14.4 Å². The molecule has 0 aliphatic rings. The average molecular weight is 439 g/mol. The number of hydrogen-bond donors (Lipinski definition) is 1. The highest BCUT2D eigenvalue weighted by Crippen LogP contribution is 2.29. The molecule has 3 aromatic rings. The van der Waals surface area contributed by atoms with E-state index in [-0.39, 0.29) is 11.4 Å². The Kier molecular flexibility index (Phi) is 6.65. The highest BCUT2D eigenvalue weighted by Gasteiger charge is 2.28. The van der Waals surface area contributed by atoms with E-state index in [9.17, 15) is 13.2 Å². The van der Waals surface area contributed by atoms with Gasteiger partial charge in [0.05, 0.1) is 17.7 Å². The minimum absolute atomic E-state index is 0.135. The van der Waals surface area contributed by atoms with Gasteiger partial charge in [-0.1, -0.05) is 29.8 Å². The smallest absolute Gasteiger partial charge is 0.264 e. The minimum Gasteiger partial charge on any atom is -0.497 e. The normalized spacial score (nSPS) is 11.1. The van der Waals surface area contributed by atoms with E-state index in [1.54, 1.807) is 67.8 Å². The van der Waals surface area contributed by atoms with Crippen molar-refractivity contribution in [1.29, 1.82) is 0 Å². The molecule has 0 unspecified atom stereocenters. The van der Waals surface area contributed by atoms with Crippen LogP contribution in [-0.2, 0) is 14.8 Å². The Morgan fingerprint density at radius 3 is 2.19 bits per heavy atom. The van der Waals surface area contributed by atoms with Crippen LogP contribution in [0.15, 0.2) is 71.6 Å². The van der Waals surface area contributed by atoms with Gasteiger partial charge in [-0.2, -0.15) is 0 Å². The summed E-state index contributed by atoms with van der Waals surface area (Å²) in [5.74, 6) is 0.221. The molecule has 0 aliphatic carbocycles. The second kappa shape index (κ2) is 9.22. The van der Waals surface area contributed by atoms with Crippen LogP contribution in [0.4, 0.5) is 11.4 Å². The van der Waals surface area contributed by atoms with Crippen LogP contribution in [0.2, 0.25) is 0 Å². The molecule has 6 nitrogen and oxygen atoms in total. The van der Waals surface area contributed by atoms with Gasteiger partial charge in [-0.25, -0.2) is 8.42 Å². The molecule has 31 heavy (non-hydrogen) atoms. The van der Waals surface area contributed by atoms with Crippen LogP contribution >= 0.6 is 0 Å². The van der Waals surface area contributed by atoms with Crippen molar-refractivity contribution in [2.75, 3.05) is 23.3 Å². The molecule has 0 saturated heterocycles. The molecule has 162 valence electrons. The summed E-state index contributed by atoms with van der Waals surface area (Å²) in [6.45, 7) is 5.30. The largest absolute Gasteiger partial charge is 0.497 e. The van der Waals surface area contributed by atoms with Gasteiger partial charge in [0.2, 0.25) is 5.91 Å². The van der Waals surface area contributed by atoms with Gasteiger partial charge in [0.25, 0.3) is 10.0 Å². The van der Waals surface area contributed by atoms with E-state index >= 15 is 0 Å². The summed E-state index contributed by atoms with van der Waals surface area (Å²) in [4.78, 5) is 13.0. The van der Waals surface area contributed by atoms with Crippen LogP contribution in [-0.4, -0.2) is 28.0 Å². The zero-order valence-corrected chi connectivity index (χ0v) is 18.9. The zero-order chi connectivity index (χ0) is 22.6. The number of ether oxygens (including phenoxy) is 1. The number of benzene rings is 3.